The number of nitrogens with one attached hydrogen (secondary N) is 1. The number of halogens is 6. The third kappa shape index (κ3) is 6.89. The van der Waals surface area contributed by atoms with Crippen LogP contribution in [0.5, 0.6) is 0 Å². The SMILES string of the molecule is CN1CC2CN(c3ccc(-c4ccc5[nH]c6c(c5c4)CCCC6)nn3)CC21.O=C(O)C(F)(F)F.O=C(O)C(F)(F)F. The number of carboxylic acids is 2. The Labute approximate surface area is 229 Å². The van der Waals surface area contributed by atoms with E-state index in [0.717, 1.165) is 36.1 Å². The number of benzene rings is 1. The number of H-pyrrole nitrogens is 1. The molecular weight excluding hydrogens is 560 g/mol. The number of likely N-dealkylation sites (N-methyl/N-ethyl adjacent to an activating group) is 1. The van der Waals surface area contributed by atoms with Crippen LogP contribution < -0.4 is 4.90 Å². The number of aromatic amines is 1. The Kier molecular flexibility index (Phi) is 8.47. The smallest absolute Gasteiger partial charge is 0.475 e. The van der Waals surface area contributed by atoms with Gasteiger partial charge in [0, 0.05) is 53.8 Å². The quantitative estimate of drug-likeness (QED) is 0.374. The van der Waals surface area contributed by atoms with Crippen molar-refractivity contribution in [1.82, 2.24) is 20.1 Å². The lowest BCUT2D eigenvalue weighted by Gasteiger charge is -2.40. The number of rotatable bonds is 2. The summed E-state index contributed by atoms with van der Waals surface area (Å²) in [7, 11) is 2.22. The summed E-state index contributed by atoms with van der Waals surface area (Å²) in [6.07, 6.45) is -5.20. The summed E-state index contributed by atoms with van der Waals surface area (Å²) in [5, 5.41) is 24.8. The second-order valence-corrected chi connectivity index (χ2v) is 10.1. The second-order valence-electron chi connectivity index (χ2n) is 10.1. The van der Waals surface area contributed by atoms with E-state index in [1.165, 1.54) is 54.4 Å². The van der Waals surface area contributed by atoms with E-state index in [4.69, 9.17) is 19.8 Å². The van der Waals surface area contributed by atoms with Gasteiger partial charge in [-0.25, -0.2) is 9.59 Å². The summed E-state index contributed by atoms with van der Waals surface area (Å²) in [5.41, 5.74) is 6.33. The van der Waals surface area contributed by atoms with E-state index in [9.17, 15) is 26.3 Å². The first kappa shape index (κ1) is 30.1. The fourth-order valence-electron chi connectivity index (χ4n) is 5.30. The molecule has 3 N–H and O–H groups in total. The van der Waals surface area contributed by atoms with Gasteiger partial charge in [0.1, 0.15) is 0 Å². The maximum atomic E-state index is 10.6. The normalized spacial score (nSPS) is 20.1. The summed E-state index contributed by atoms with van der Waals surface area (Å²) < 4.78 is 63.5. The number of aryl methyl sites for hydroxylation is 2. The van der Waals surface area contributed by atoms with Crippen LogP contribution in [-0.2, 0) is 22.4 Å². The fraction of sp³-hybridized carbons (Fsp3) is 0.462. The zero-order valence-corrected chi connectivity index (χ0v) is 21.8. The van der Waals surface area contributed by atoms with Gasteiger partial charge in [-0.05, 0) is 62.6 Å². The Morgan fingerprint density at radius 1 is 0.902 bits per heavy atom. The summed E-state index contributed by atoms with van der Waals surface area (Å²) in [6, 6.07) is 11.6. The molecule has 1 aliphatic carbocycles. The molecule has 2 aromatic heterocycles. The zero-order valence-electron chi connectivity index (χ0n) is 21.8. The third-order valence-corrected chi connectivity index (χ3v) is 7.35. The maximum absolute atomic E-state index is 10.6. The van der Waals surface area contributed by atoms with E-state index in [0.29, 0.717) is 6.04 Å². The molecule has 2 unspecified atom stereocenters. The first-order chi connectivity index (χ1) is 19.1. The molecule has 41 heavy (non-hydrogen) atoms. The minimum atomic E-state index is -5.08. The minimum absolute atomic E-state index is 0.702. The van der Waals surface area contributed by atoms with E-state index >= 15 is 0 Å². The summed E-state index contributed by atoms with van der Waals surface area (Å²) in [6.45, 7) is 3.41. The van der Waals surface area contributed by atoms with Gasteiger partial charge < -0.3 is 25.0 Å². The highest BCUT2D eigenvalue weighted by molar-refractivity contribution is 5.89. The van der Waals surface area contributed by atoms with Gasteiger partial charge in [-0.3, -0.25) is 0 Å². The van der Waals surface area contributed by atoms with Crippen LogP contribution >= 0.6 is 0 Å². The van der Waals surface area contributed by atoms with Crippen molar-refractivity contribution in [3.05, 3.63) is 41.6 Å². The van der Waals surface area contributed by atoms with Crippen molar-refractivity contribution in [2.75, 3.05) is 31.6 Å². The van der Waals surface area contributed by atoms with Gasteiger partial charge in [-0.15, -0.1) is 10.2 Å². The number of anilines is 1. The van der Waals surface area contributed by atoms with E-state index in [2.05, 4.69) is 62.4 Å². The number of carbonyl (C=O) groups is 2. The van der Waals surface area contributed by atoms with Crippen molar-refractivity contribution >= 4 is 28.7 Å². The molecule has 3 aromatic rings. The molecule has 0 bridgehead atoms. The lowest BCUT2D eigenvalue weighted by Crippen LogP contribution is -2.52. The predicted molar refractivity (Wildman–Crippen MR) is 135 cm³/mol. The molecule has 15 heteroatoms. The van der Waals surface area contributed by atoms with Gasteiger partial charge in [0.25, 0.3) is 0 Å². The van der Waals surface area contributed by atoms with Crippen LogP contribution in [0.3, 0.4) is 0 Å². The number of fused-ring (bicyclic) bond motifs is 4. The van der Waals surface area contributed by atoms with E-state index in [1.807, 2.05) is 0 Å². The molecule has 3 aliphatic rings. The molecule has 6 rings (SSSR count). The topological polar surface area (TPSA) is 123 Å². The first-order valence-electron chi connectivity index (χ1n) is 12.7. The number of alkyl halides is 6. The van der Waals surface area contributed by atoms with Crippen LogP contribution in [0.15, 0.2) is 30.3 Å². The lowest BCUT2D eigenvalue weighted by molar-refractivity contribution is -0.193. The summed E-state index contributed by atoms with van der Waals surface area (Å²) in [4.78, 5) is 26.2. The molecule has 0 radical (unpaired) electrons. The van der Waals surface area contributed by atoms with Gasteiger partial charge >= 0.3 is 24.3 Å². The Bertz CT molecular complexity index is 1380. The Morgan fingerprint density at radius 3 is 2.07 bits per heavy atom. The van der Waals surface area contributed by atoms with Gasteiger partial charge in [-0.2, -0.15) is 26.3 Å². The monoisotopic (exact) mass is 587 g/mol. The van der Waals surface area contributed by atoms with Gasteiger partial charge in [0.2, 0.25) is 0 Å². The van der Waals surface area contributed by atoms with E-state index in [1.54, 1.807) is 0 Å². The van der Waals surface area contributed by atoms with Crippen molar-refractivity contribution < 1.29 is 46.1 Å². The number of likely N-dealkylation sites (tertiary alicyclic amines) is 1. The Hall–Kier alpha value is -3.88. The van der Waals surface area contributed by atoms with Gasteiger partial charge in [0.15, 0.2) is 5.82 Å². The number of aromatic nitrogens is 3. The number of hydrogen-bond donors (Lipinski definition) is 3. The van der Waals surface area contributed by atoms with Crippen molar-refractivity contribution in [1.29, 1.82) is 0 Å². The van der Waals surface area contributed by atoms with E-state index < -0.39 is 24.3 Å². The molecule has 0 saturated carbocycles. The van der Waals surface area contributed by atoms with Crippen molar-refractivity contribution in [3.8, 4) is 11.3 Å². The number of hydrogen-bond acceptors (Lipinski definition) is 6. The number of nitrogens with zero attached hydrogens (tertiary/aromatic N) is 4. The molecule has 4 heterocycles. The Morgan fingerprint density at radius 2 is 1.54 bits per heavy atom. The standard InChI is InChI=1S/C22H25N5.2C2HF3O2/c1-26-11-15-12-27(13-21(15)26)22-9-8-18(24-25-22)14-6-7-20-17(10-14)16-4-2-3-5-19(16)23-20;2*3-2(4,5)1(6)7/h6-10,15,21,23H,2-5,11-13H2,1H3;2*(H,6,7). The van der Waals surface area contributed by atoms with Crippen LogP contribution in [0.25, 0.3) is 22.2 Å². The molecule has 222 valence electrons. The Balaban J connectivity index is 0.000000232. The van der Waals surface area contributed by atoms with Crippen molar-refractivity contribution in [3.63, 3.8) is 0 Å². The highest BCUT2D eigenvalue weighted by atomic mass is 19.4. The van der Waals surface area contributed by atoms with Crippen LogP contribution in [-0.4, -0.2) is 87.3 Å². The summed E-state index contributed by atoms with van der Waals surface area (Å²) in [5.74, 6) is -3.69. The van der Waals surface area contributed by atoms with Gasteiger partial charge in [-0.1, -0.05) is 6.07 Å². The molecular formula is C26H27F6N5O4. The van der Waals surface area contributed by atoms with E-state index in [-0.39, 0.29) is 0 Å². The molecule has 9 nitrogen and oxygen atoms in total. The van der Waals surface area contributed by atoms with Crippen LogP contribution in [0.1, 0.15) is 24.1 Å². The molecule has 2 saturated heterocycles. The van der Waals surface area contributed by atoms with Gasteiger partial charge in [0.05, 0.1) is 5.69 Å². The van der Waals surface area contributed by atoms with Crippen LogP contribution in [0, 0.1) is 5.92 Å². The third-order valence-electron chi connectivity index (χ3n) is 7.35. The van der Waals surface area contributed by atoms with Crippen molar-refractivity contribution in [2.45, 2.75) is 44.1 Å². The first-order valence-corrected chi connectivity index (χ1v) is 12.7. The summed E-state index contributed by atoms with van der Waals surface area (Å²) >= 11 is 0. The van der Waals surface area contributed by atoms with Crippen LogP contribution in [0.4, 0.5) is 32.2 Å². The molecule has 2 atom stereocenters. The fourth-order valence-corrected chi connectivity index (χ4v) is 5.30. The zero-order chi connectivity index (χ0) is 30.1. The average molecular weight is 588 g/mol. The number of aliphatic carboxylic acids is 2. The van der Waals surface area contributed by atoms with Crippen LogP contribution in [0.2, 0.25) is 0 Å². The molecule has 0 amide bonds. The second kappa shape index (κ2) is 11.5. The highest BCUT2D eigenvalue weighted by Gasteiger charge is 2.44. The number of carboxylic acid groups (broad SMARTS) is 2. The average Bonchev–Trinajstić information content (AvgIpc) is 3.45. The molecule has 2 aliphatic heterocycles. The van der Waals surface area contributed by atoms with Crippen molar-refractivity contribution in [2.24, 2.45) is 5.92 Å². The predicted octanol–water partition coefficient (Wildman–Crippen LogP) is 4.52. The largest absolute Gasteiger partial charge is 0.490 e. The molecule has 0 spiro atoms. The molecule has 1 aromatic carbocycles. The molecule has 2 fully saturated rings. The highest BCUT2D eigenvalue weighted by Crippen LogP contribution is 2.34. The maximum Gasteiger partial charge on any atom is 0.490 e. The lowest BCUT2D eigenvalue weighted by atomic mass is 9.93. The minimum Gasteiger partial charge on any atom is -0.475 e.